The Bertz CT molecular complexity index is 965. The zero-order valence-corrected chi connectivity index (χ0v) is 32.8. The molecular weight excluding hydrogens is 647 g/mol. The maximum atomic E-state index is 12.7. The fraction of sp³-hybridized carbons (Fsp3) is 0.732. The number of phosphoric acid groups is 1. The van der Waals surface area contributed by atoms with Gasteiger partial charge in [-0.05, 0) is 57.8 Å². The van der Waals surface area contributed by atoms with Crippen molar-refractivity contribution >= 4 is 13.7 Å². The molecule has 0 aromatic carbocycles. The van der Waals surface area contributed by atoms with Gasteiger partial charge < -0.3 is 21.1 Å². The lowest BCUT2D eigenvalue weighted by molar-refractivity contribution is -0.123. The molecule has 0 aliphatic heterocycles. The summed E-state index contributed by atoms with van der Waals surface area (Å²) >= 11 is 0. The van der Waals surface area contributed by atoms with Crippen LogP contribution in [0.1, 0.15) is 162 Å². The first-order valence-corrected chi connectivity index (χ1v) is 21.4. The molecule has 0 aliphatic rings. The van der Waals surface area contributed by atoms with Gasteiger partial charge in [-0.1, -0.05) is 158 Å². The van der Waals surface area contributed by atoms with E-state index in [4.69, 9.17) is 14.8 Å². The second-order valence-electron chi connectivity index (χ2n) is 13.1. The molecule has 0 heterocycles. The van der Waals surface area contributed by atoms with Gasteiger partial charge in [0.15, 0.2) is 0 Å². The first-order chi connectivity index (χ1) is 24.4. The van der Waals surface area contributed by atoms with Crippen LogP contribution < -0.4 is 11.1 Å². The number of hydrogen-bond donors (Lipinski definition) is 4. The maximum absolute atomic E-state index is 12.7. The van der Waals surface area contributed by atoms with Crippen molar-refractivity contribution in [3.05, 3.63) is 60.8 Å². The molecule has 0 bridgehead atoms. The minimum absolute atomic E-state index is 0.0836. The van der Waals surface area contributed by atoms with E-state index in [9.17, 15) is 19.4 Å². The molecule has 290 valence electrons. The predicted molar refractivity (Wildman–Crippen MR) is 212 cm³/mol. The molecule has 0 rings (SSSR count). The third-order valence-corrected chi connectivity index (χ3v) is 9.37. The summed E-state index contributed by atoms with van der Waals surface area (Å²) in [6.45, 7) is 4.03. The Balaban J connectivity index is 4.11. The number of hydrogen-bond acceptors (Lipinski definition) is 6. The Morgan fingerprint density at radius 1 is 0.680 bits per heavy atom. The molecule has 0 fully saturated rings. The third-order valence-electron chi connectivity index (χ3n) is 8.39. The van der Waals surface area contributed by atoms with E-state index in [1.165, 1.54) is 51.4 Å². The van der Waals surface area contributed by atoms with Crippen LogP contribution in [0.4, 0.5) is 0 Å². The van der Waals surface area contributed by atoms with Crippen LogP contribution in [0.25, 0.3) is 0 Å². The minimum atomic E-state index is -4.31. The summed E-state index contributed by atoms with van der Waals surface area (Å²) in [5.74, 6) is -0.179. The van der Waals surface area contributed by atoms with E-state index >= 15 is 0 Å². The van der Waals surface area contributed by atoms with Crippen molar-refractivity contribution in [3.8, 4) is 0 Å². The van der Waals surface area contributed by atoms with E-state index in [0.717, 1.165) is 83.5 Å². The van der Waals surface area contributed by atoms with Gasteiger partial charge in [0.25, 0.3) is 0 Å². The highest BCUT2D eigenvalue weighted by molar-refractivity contribution is 7.47. The number of allylic oxidation sites excluding steroid dienone is 10. The standard InChI is InChI=1S/C41H75N2O6P/c1-3-5-7-9-11-13-14-15-16-17-18-19-20-21-22-23-24-25-26-27-29-31-33-35-41(45)43-39(38-49-50(46,47)48-37-36-42)40(44)34-32-30-28-12-10-8-6-4-2/h5,7,11,13,15-16,18-19,21-22,39-40,44H,3-4,6,8-10,12,14,17,20,23-38,42H2,1-2H3,(H,43,45)(H,46,47)/b7-5-,13-11-,16-15-,19-18-,22-21-. The number of unbranched alkanes of at least 4 members (excludes halogenated alkanes) is 14. The van der Waals surface area contributed by atoms with Crippen molar-refractivity contribution in [1.82, 2.24) is 5.32 Å². The SMILES string of the molecule is CC/C=C\C/C=C\C/C=C\C/C=C\C/C=C\CCCCCCCCCC(=O)NC(COP(=O)(O)OCCN)C(O)CCCCCCCCCC. The number of carbonyl (C=O) groups excluding carboxylic acids is 1. The van der Waals surface area contributed by atoms with Crippen molar-refractivity contribution in [2.45, 2.75) is 174 Å². The molecule has 1 amide bonds. The molecule has 0 aromatic heterocycles. The lowest BCUT2D eigenvalue weighted by atomic mass is 10.0. The van der Waals surface area contributed by atoms with E-state index in [1.54, 1.807) is 0 Å². The lowest BCUT2D eigenvalue weighted by Crippen LogP contribution is -2.46. The fourth-order valence-electron chi connectivity index (χ4n) is 5.40. The second-order valence-corrected chi connectivity index (χ2v) is 14.6. The summed E-state index contributed by atoms with van der Waals surface area (Å²) in [6.07, 6.45) is 45.2. The zero-order chi connectivity index (χ0) is 36.8. The first kappa shape index (κ1) is 48.2. The Hall–Kier alpha value is -1.80. The van der Waals surface area contributed by atoms with Crippen LogP contribution in [0.15, 0.2) is 60.8 Å². The molecule has 50 heavy (non-hydrogen) atoms. The predicted octanol–water partition coefficient (Wildman–Crippen LogP) is 10.7. The van der Waals surface area contributed by atoms with Crippen LogP contribution in [0.3, 0.4) is 0 Å². The lowest BCUT2D eigenvalue weighted by Gasteiger charge is -2.25. The summed E-state index contributed by atoms with van der Waals surface area (Å²) in [4.78, 5) is 22.6. The van der Waals surface area contributed by atoms with Gasteiger partial charge in [-0.2, -0.15) is 0 Å². The minimum Gasteiger partial charge on any atom is -0.391 e. The van der Waals surface area contributed by atoms with Gasteiger partial charge in [-0.25, -0.2) is 4.57 Å². The number of rotatable bonds is 36. The molecule has 0 saturated heterocycles. The summed E-state index contributed by atoms with van der Waals surface area (Å²) in [5, 5.41) is 13.7. The normalized spacial score (nSPS) is 14.9. The number of phosphoric ester groups is 1. The fourth-order valence-corrected chi connectivity index (χ4v) is 6.16. The number of amides is 1. The molecule has 9 heteroatoms. The highest BCUT2D eigenvalue weighted by Crippen LogP contribution is 2.43. The van der Waals surface area contributed by atoms with Crippen LogP contribution in [0, 0.1) is 0 Å². The van der Waals surface area contributed by atoms with Crippen molar-refractivity contribution in [2.24, 2.45) is 5.73 Å². The molecule has 3 unspecified atom stereocenters. The third kappa shape index (κ3) is 34.6. The zero-order valence-electron chi connectivity index (χ0n) is 31.9. The Labute approximate surface area is 306 Å². The summed E-state index contributed by atoms with van der Waals surface area (Å²) in [7, 11) is -4.31. The van der Waals surface area contributed by atoms with E-state index < -0.39 is 20.0 Å². The van der Waals surface area contributed by atoms with E-state index in [0.29, 0.717) is 12.8 Å². The van der Waals surface area contributed by atoms with E-state index in [2.05, 4.69) is 79.9 Å². The molecule has 3 atom stereocenters. The smallest absolute Gasteiger partial charge is 0.391 e. The van der Waals surface area contributed by atoms with E-state index in [-0.39, 0.29) is 25.7 Å². The van der Waals surface area contributed by atoms with Crippen molar-refractivity contribution in [1.29, 1.82) is 0 Å². The number of aliphatic hydroxyl groups is 1. The topological polar surface area (TPSA) is 131 Å². The van der Waals surface area contributed by atoms with E-state index in [1.807, 2.05) is 0 Å². The largest absolute Gasteiger partial charge is 0.472 e. The average molecular weight is 723 g/mol. The van der Waals surface area contributed by atoms with Crippen LogP contribution in [-0.2, 0) is 18.4 Å². The molecule has 0 radical (unpaired) electrons. The Morgan fingerprint density at radius 2 is 1.16 bits per heavy atom. The van der Waals surface area contributed by atoms with Gasteiger partial charge in [0.2, 0.25) is 5.91 Å². The van der Waals surface area contributed by atoms with Gasteiger partial charge in [0.1, 0.15) is 0 Å². The van der Waals surface area contributed by atoms with Gasteiger partial charge in [-0.3, -0.25) is 13.8 Å². The molecular formula is C41H75N2O6P. The molecule has 0 saturated carbocycles. The Morgan fingerprint density at radius 3 is 1.70 bits per heavy atom. The van der Waals surface area contributed by atoms with Crippen LogP contribution in [0.5, 0.6) is 0 Å². The second kappa shape index (κ2) is 37.0. The number of carbonyl (C=O) groups is 1. The van der Waals surface area contributed by atoms with Crippen LogP contribution >= 0.6 is 7.82 Å². The van der Waals surface area contributed by atoms with Crippen molar-refractivity contribution < 1.29 is 28.4 Å². The number of aliphatic hydroxyl groups excluding tert-OH is 1. The first-order valence-electron chi connectivity index (χ1n) is 19.9. The highest BCUT2D eigenvalue weighted by atomic mass is 31.2. The quantitative estimate of drug-likeness (QED) is 0.0288. The summed E-state index contributed by atoms with van der Waals surface area (Å²) in [5.41, 5.74) is 5.35. The molecule has 8 nitrogen and oxygen atoms in total. The summed E-state index contributed by atoms with van der Waals surface area (Å²) < 4.78 is 22.0. The summed E-state index contributed by atoms with van der Waals surface area (Å²) in [6, 6.07) is -0.781. The molecule has 0 aromatic rings. The Kier molecular flexibility index (Phi) is 35.6. The van der Waals surface area contributed by atoms with Gasteiger partial charge in [-0.15, -0.1) is 0 Å². The highest BCUT2D eigenvalue weighted by Gasteiger charge is 2.27. The molecule has 5 N–H and O–H groups in total. The van der Waals surface area contributed by atoms with Crippen LogP contribution in [-0.4, -0.2) is 47.8 Å². The van der Waals surface area contributed by atoms with Gasteiger partial charge >= 0.3 is 7.82 Å². The number of nitrogens with two attached hydrogens (primary N) is 1. The maximum Gasteiger partial charge on any atom is 0.472 e. The monoisotopic (exact) mass is 723 g/mol. The van der Waals surface area contributed by atoms with Crippen LogP contribution in [0.2, 0.25) is 0 Å². The average Bonchev–Trinajstić information content (AvgIpc) is 3.10. The molecule has 0 spiro atoms. The van der Waals surface area contributed by atoms with Gasteiger partial charge in [0, 0.05) is 13.0 Å². The molecule has 0 aliphatic carbocycles. The van der Waals surface area contributed by atoms with Crippen molar-refractivity contribution in [3.63, 3.8) is 0 Å². The van der Waals surface area contributed by atoms with Crippen molar-refractivity contribution in [2.75, 3.05) is 19.8 Å². The van der Waals surface area contributed by atoms with Gasteiger partial charge in [0.05, 0.1) is 25.4 Å². The number of nitrogens with one attached hydrogen (secondary N) is 1.